The Hall–Kier alpha value is -2.85. The minimum atomic E-state index is -4.94. The Labute approximate surface area is 198 Å². The fourth-order valence-electron chi connectivity index (χ4n) is 3.83. The minimum Gasteiger partial charge on any atom is -0.463 e. The van der Waals surface area contributed by atoms with Gasteiger partial charge in [-0.15, -0.1) is 0 Å². The van der Waals surface area contributed by atoms with Gasteiger partial charge in [-0.25, -0.2) is 4.79 Å². The first kappa shape index (κ1) is 26.7. The van der Waals surface area contributed by atoms with Gasteiger partial charge in [0.2, 0.25) is 0 Å². The maximum absolute atomic E-state index is 13.3. The van der Waals surface area contributed by atoms with Crippen molar-refractivity contribution in [2.45, 2.75) is 44.3 Å². The molecule has 0 saturated heterocycles. The molecule has 3 rings (SSSR count). The molecule has 0 aliphatic carbocycles. The molecule has 0 spiro atoms. The lowest BCUT2D eigenvalue weighted by Gasteiger charge is -2.38. The first-order valence-corrected chi connectivity index (χ1v) is 10.9. The van der Waals surface area contributed by atoms with E-state index in [9.17, 15) is 31.1 Å². The van der Waals surface area contributed by atoms with Crippen molar-refractivity contribution in [3.63, 3.8) is 0 Å². The standard InChI is InChI=1S/C25H25F6NO3/c1-3-34-22(33)17-9-10-23(32-14-17,19-7-5-4-6-8-19)15-35-16(2)18-11-20(24(26,27)28)13-21(12-18)25(29,30)31/h4-9,11-13,16,32H,3,10,14-15H2,1-2H3/t16-,23-/m1/s1. The van der Waals surface area contributed by atoms with E-state index in [4.69, 9.17) is 9.47 Å². The summed E-state index contributed by atoms with van der Waals surface area (Å²) in [5.41, 5.74) is -2.65. The molecule has 0 bridgehead atoms. The summed E-state index contributed by atoms with van der Waals surface area (Å²) in [5, 5.41) is 3.26. The summed E-state index contributed by atoms with van der Waals surface area (Å²) < 4.78 is 90.4. The Morgan fingerprint density at radius 2 is 1.63 bits per heavy atom. The van der Waals surface area contributed by atoms with E-state index in [1.165, 1.54) is 6.92 Å². The highest BCUT2D eigenvalue weighted by atomic mass is 19.4. The second kappa shape index (κ2) is 10.4. The number of carbonyl (C=O) groups excluding carboxylic acids is 1. The highest BCUT2D eigenvalue weighted by molar-refractivity contribution is 5.89. The highest BCUT2D eigenvalue weighted by Gasteiger charge is 2.39. The molecule has 0 aromatic heterocycles. The lowest BCUT2D eigenvalue weighted by molar-refractivity contribution is -0.143. The van der Waals surface area contributed by atoms with E-state index in [-0.39, 0.29) is 31.4 Å². The van der Waals surface area contributed by atoms with Crippen LogP contribution >= 0.6 is 0 Å². The predicted octanol–water partition coefficient (Wildman–Crippen LogP) is 6.18. The Bertz CT molecular complexity index is 1030. The van der Waals surface area contributed by atoms with Crippen LogP contribution in [0.5, 0.6) is 0 Å². The SMILES string of the molecule is CCOC(=O)C1=CC[C@@](CO[C@H](C)c2cc(C(F)(F)F)cc(C(F)(F)F)c2)(c2ccccc2)NC1. The van der Waals surface area contributed by atoms with Crippen molar-refractivity contribution in [2.24, 2.45) is 0 Å². The van der Waals surface area contributed by atoms with Crippen molar-refractivity contribution in [1.29, 1.82) is 0 Å². The molecule has 35 heavy (non-hydrogen) atoms. The normalized spacial score (nSPS) is 19.7. The lowest BCUT2D eigenvalue weighted by atomic mass is 9.84. The van der Waals surface area contributed by atoms with Gasteiger partial charge in [-0.05, 0) is 49.6 Å². The van der Waals surface area contributed by atoms with E-state index < -0.39 is 41.1 Å². The number of halogens is 6. The molecular formula is C25H25F6NO3. The molecule has 1 heterocycles. The molecule has 0 unspecified atom stereocenters. The second-order valence-corrected chi connectivity index (χ2v) is 8.25. The Morgan fingerprint density at radius 1 is 1.03 bits per heavy atom. The third-order valence-corrected chi connectivity index (χ3v) is 5.84. The molecule has 1 N–H and O–H groups in total. The summed E-state index contributed by atoms with van der Waals surface area (Å²) in [7, 11) is 0. The summed E-state index contributed by atoms with van der Waals surface area (Å²) in [6.07, 6.45) is -8.95. The molecule has 2 atom stereocenters. The molecule has 1 aliphatic heterocycles. The first-order valence-electron chi connectivity index (χ1n) is 10.9. The highest BCUT2D eigenvalue weighted by Crippen LogP contribution is 2.38. The van der Waals surface area contributed by atoms with E-state index in [1.807, 2.05) is 18.2 Å². The number of esters is 1. The minimum absolute atomic E-state index is 0.0671. The molecular weight excluding hydrogens is 476 g/mol. The average Bonchev–Trinajstić information content (AvgIpc) is 2.82. The maximum atomic E-state index is 13.3. The smallest absolute Gasteiger partial charge is 0.416 e. The largest absolute Gasteiger partial charge is 0.463 e. The van der Waals surface area contributed by atoms with Crippen molar-refractivity contribution < 1.29 is 40.6 Å². The van der Waals surface area contributed by atoms with Gasteiger partial charge in [0.15, 0.2) is 0 Å². The summed E-state index contributed by atoms with van der Waals surface area (Å²) in [6.45, 7) is 3.40. The maximum Gasteiger partial charge on any atom is 0.416 e. The first-order chi connectivity index (χ1) is 16.4. The Balaban J connectivity index is 1.88. The van der Waals surface area contributed by atoms with Crippen LogP contribution in [0.4, 0.5) is 26.3 Å². The Kier molecular flexibility index (Phi) is 7.96. The number of benzene rings is 2. The monoisotopic (exact) mass is 501 g/mol. The summed E-state index contributed by atoms with van der Waals surface area (Å²) in [5.74, 6) is -0.459. The van der Waals surface area contributed by atoms with E-state index in [2.05, 4.69) is 5.32 Å². The number of hydrogen-bond donors (Lipinski definition) is 1. The molecule has 2 aromatic carbocycles. The zero-order chi connectivity index (χ0) is 25.9. The fraction of sp³-hybridized carbons (Fsp3) is 0.400. The lowest BCUT2D eigenvalue weighted by Crippen LogP contribution is -2.50. The van der Waals surface area contributed by atoms with Gasteiger partial charge in [-0.3, -0.25) is 0 Å². The van der Waals surface area contributed by atoms with Crippen LogP contribution in [-0.2, 0) is 32.2 Å². The van der Waals surface area contributed by atoms with Gasteiger partial charge in [-0.1, -0.05) is 36.4 Å². The molecule has 1 aliphatic rings. The molecule has 10 heteroatoms. The van der Waals surface area contributed by atoms with Gasteiger partial charge in [0.1, 0.15) is 0 Å². The van der Waals surface area contributed by atoms with Crippen molar-refractivity contribution in [1.82, 2.24) is 5.32 Å². The third kappa shape index (κ3) is 6.43. The van der Waals surface area contributed by atoms with Gasteiger partial charge in [0.25, 0.3) is 0 Å². The number of carbonyl (C=O) groups is 1. The zero-order valence-corrected chi connectivity index (χ0v) is 19.1. The van der Waals surface area contributed by atoms with Crippen LogP contribution < -0.4 is 5.32 Å². The predicted molar refractivity (Wildman–Crippen MR) is 116 cm³/mol. The number of nitrogens with one attached hydrogen (secondary N) is 1. The summed E-state index contributed by atoms with van der Waals surface area (Å²) >= 11 is 0. The zero-order valence-electron chi connectivity index (χ0n) is 19.1. The quantitative estimate of drug-likeness (QED) is 0.364. The van der Waals surface area contributed by atoms with E-state index in [1.54, 1.807) is 25.1 Å². The van der Waals surface area contributed by atoms with Crippen molar-refractivity contribution >= 4 is 5.97 Å². The van der Waals surface area contributed by atoms with Crippen LogP contribution in [0.1, 0.15) is 48.6 Å². The second-order valence-electron chi connectivity index (χ2n) is 8.25. The van der Waals surface area contributed by atoms with Crippen LogP contribution in [0.3, 0.4) is 0 Å². The van der Waals surface area contributed by atoms with E-state index in [0.29, 0.717) is 24.1 Å². The number of rotatable bonds is 7. The molecule has 0 fully saturated rings. The average molecular weight is 501 g/mol. The van der Waals surface area contributed by atoms with Crippen LogP contribution in [0, 0.1) is 0 Å². The molecule has 0 amide bonds. The number of alkyl halides is 6. The topological polar surface area (TPSA) is 47.6 Å². The molecule has 4 nitrogen and oxygen atoms in total. The van der Waals surface area contributed by atoms with E-state index in [0.717, 1.165) is 5.56 Å². The van der Waals surface area contributed by atoms with Gasteiger partial charge in [-0.2, -0.15) is 26.3 Å². The van der Waals surface area contributed by atoms with Gasteiger partial charge in [0, 0.05) is 12.1 Å². The van der Waals surface area contributed by atoms with Gasteiger partial charge < -0.3 is 14.8 Å². The summed E-state index contributed by atoms with van der Waals surface area (Å²) in [4.78, 5) is 12.1. The molecule has 190 valence electrons. The van der Waals surface area contributed by atoms with Gasteiger partial charge >= 0.3 is 18.3 Å². The molecule has 2 aromatic rings. The third-order valence-electron chi connectivity index (χ3n) is 5.84. The van der Waals surface area contributed by atoms with Crippen LogP contribution in [0.2, 0.25) is 0 Å². The fourth-order valence-corrected chi connectivity index (χ4v) is 3.83. The van der Waals surface area contributed by atoms with Crippen LogP contribution in [-0.4, -0.2) is 25.7 Å². The number of hydrogen-bond acceptors (Lipinski definition) is 4. The van der Waals surface area contributed by atoms with Gasteiger partial charge in [0.05, 0.1) is 36.0 Å². The van der Waals surface area contributed by atoms with Crippen LogP contribution in [0.25, 0.3) is 0 Å². The summed E-state index contributed by atoms with van der Waals surface area (Å²) in [6, 6.07) is 10.5. The van der Waals surface area contributed by atoms with Crippen molar-refractivity contribution in [2.75, 3.05) is 19.8 Å². The molecule has 0 saturated carbocycles. The Morgan fingerprint density at radius 3 is 2.11 bits per heavy atom. The number of ether oxygens (including phenoxy) is 2. The van der Waals surface area contributed by atoms with Crippen molar-refractivity contribution in [3.05, 3.63) is 82.4 Å². The van der Waals surface area contributed by atoms with E-state index >= 15 is 0 Å². The van der Waals surface area contributed by atoms with Crippen LogP contribution in [0.15, 0.2) is 60.2 Å². The molecule has 0 radical (unpaired) electrons. The van der Waals surface area contributed by atoms with Crippen molar-refractivity contribution in [3.8, 4) is 0 Å².